The van der Waals surface area contributed by atoms with E-state index in [4.69, 9.17) is 5.73 Å². The smallest absolute Gasteiger partial charge is 0.0694 e. The molecule has 0 atom stereocenters. The van der Waals surface area contributed by atoms with Gasteiger partial charge < -0.3 is 11.1 Å². The van der Waals surface area contributed by atoms with E-state index in [1.54, 1.807) is 0 Å². The molecule has 1 aromatic carbocycles. The third kappa shape index (κ3) is 3.22. The molecule has 0 aliphatic carbocycles. The highest BCUT2D eigenvalue weighted by atomic mass is 79.9. The van der Waals surface area contributed by atoms with Crippen LogP contribution in [0.5, 0.6) is 0 Å². The van der Waals surface area contributed by atoms with Crippen LogP contribution < -0.4 is 11.1 Å². The summed E-state index contributed by atoms with van der Waals surface area (Å²) in [6.07, 6.45) is 1.16. The first-order valence-electron chi connectivity index (χ1n) is 4.89. The van der Waals surface area contributed by atoms with Crippen LogP contribution in [0.15, 0.2) is 22.7 Å². The molecule has 78 valence electrons. The van der Waals surface area contributed by atoms with E-state index in [9.17, 15) is 0 Å². The second kappa shape index (κ2) is 5.25. The van der Waals surface area contributed by atoms with E-state index in [-0.39, 0.29) is 0 Å². The molecule has 0 spiro atoms. The fourth-order valence-corrected chi connectivity index (χ4v) is 1.55. The van der Waals surface area contributed by atoms with Crippen molar-refractivity contribution < 1.29 is 0 Å². The molecule has 0 aliphatic rings. The molecule has 0 amide bonds. The highest BCUT2D eigenvalue weighted by Crippen LogP contribution is 2.27. The van der Waals surface area contributed by atoms with Crippen molar-refractivity contribution in [2.45, 2.75) is 20.3 Å². The molecule has 0 saturated heterocycles. The van der Waals surface area contributed by atoms with Gasteiger partial charge in [-0.3, -0.25) is 0 Å². The Morgan fingerprint density at radius 2 is 2.14 bits per heavy atom. The zero-order valence-corrected chi connectivity index (χ0v) is 10.3. The van der Waals surface area contributed by atoms with E-state index < -0.39 is 0 Å². The van der Waals surface area contributed by atoms with Gasteiger partial charge in [0.1, 0.15) is 0 Å². The maximum atomic E-state index is 5.89. The van der Waals surface area contributed by atoms with Crippen molar-refractivity contribution in [3.63, 3.8) is 0 Å². The van der Waals surface area contributed by atoms with Crippen LogP contribution in [0.3, 0.4) is 0 Å². The van der Waals surface area contributed by atoms with Gasteiger partial charge in [0, 0.05) is 11.0 Å². The number of nitrogens with two attached hydrogens (primary N) is 1. The van der Waals surface area contributed by atoms with Gasteiger partial charge in [-0.1, -0.05) is 19.9 Å². The first kappa shape index (κ1) is 11.4. The monoisotopic (exact) mass is 256 g/mol. The Morgan fingerprint density at radius 3 is 2.79 bits per heavy atom. The van der Waals surface area contributed by atoms with Gasteiger partial charge in [-0.15, -0.1) is 0 Å². The number of halogens is 1. The molecule has 0 fully saturated rings. The van der Waals surface area contributed by atoms with Gasteiger partial charge in [-0.25, -0.2) is 0 Å². The van der Waals surface area contributed by atoms with Crippen LogP contribution in [0.2, 0.25) is 0 Å². The third-order valence-electron chi connectivity index (χ3n) is 2.09. The van der Waals surface area contributed by atoms with Crippen LogP contribution in [0.4, 0.5) is 11.4 Å². The molecule has 3 N–H and O–H groups in total. The van der Waals surface area contributed by atoms with Crippen LogP contribution in [-0.4, -0.2) is 6.54 Å². The molecule has 1 aromatic rings. The van der Waals surface area contributed by atoms with Crippen molar-refractivity contribution in [1.29, 1.82) is 0 Å². The van der Waals surface area contributed by atoms with Crippen molar-refractivity contribution in [2.24, 2.45) is 5.92 Å². The second-order valence-electron chi connectivity index (χ2n) is 3.81. The van der Waals surface area contributed by atoms with Gasteiger partial charge in [0.05, 0.1) is 11.4 Å². The van der Waals surface area contributed by atoms with E-state index in [2.05, 4.69) is 35.1 Å². The van der Waals surface area contributed by atoms with Gasteiger partial charge in [-0.2, -0.15) is 0 Å². The van der Waals surface area contributed by atoms with E-state index in [0.717, 1.165) is 34.7 Å². The number of rotatable bonds is 4. The van der Waals surface area contributed by atoms with E-state index in [1.807, 2.05) is 18.2 Å². The minimum atomic E-state index is 0.718. The van der Waals surface area contributed by atoms with Crippen molar-refractivity contribution in [1.82, 2.24) is 0 Å². The van der Waals surface area contributed by atoms with Crippen LogP contribution in [-0.2, 0) is 0 Å². The Kier molecular flexibility index (Phi) is 4.26. The first-order chi connectivity index (χ1) is 6.61. The highest BCUT2D eigenvalue weighted by molar-refractivity contribution is 9.10. The molecule has 1 rings (SSSR count). The average Bonchev–Trinajstić information content (AvgIpc) is 2.12. The molecule has 0 saturated carbocycles. The summed E-state index contributed by atoms with van der Waals surface area (Å²) < 4.78 is 0.951. The number of para-hydroxylation sites is 1. The maximum Gasteiger partial charge on any atom is 0.0694 e. The lowest BCUT2D eigenvalue weighted by Crippen LogP contribution is -2.06. The Bertz CT molecular complexity index is 297. The number of nitrogen functional groups attached to an aromatic ring is 1. The van der Waals surface area contributed by atoms with Gasteiger partial charge in [0.25, 0.3) is 0 Å². The Morgan fingerprint density at radius 1 is 1.43 bits per heavy atom. The molecule has 0 radical (unpaired) electrons. The minimum Gasteiger partial charge on any atom is -0.396 e. The fourth-order valence-electron chi connectivity index (χ4n) is 1.19. The number of hydrogen-bond donors (Lipinski definition) is 2. The van der Waals surface area contributed by atoms with Crippen molar-refractivity contribution in [2.75, 3.05) is 17.6 Å². The van der Waals surface area contributed by atoms with E-state index in [1.165, 1.54) is 0 Å². The summed E-state index contributed by atoms with van der Waals surface area (Å²) in [6, 6.07) is 5.93. The van der Waals surface area contributed by atoms with Crippen LogP contribution in [0.25, 0.3) is 0 Å². The Hall–Kier alpha value is -0.700. The average molecular weight is 257 g/mol. The largest absolute Gasteiger partial charge is 0.396 e. The van der Waals surface area contributed by atoms with Gasteiger partial charge in [0.15, 0.2) is 0 Å². The number of hydrogen-bond acceptors (Lipinski definition) is 2. The summed E-state index contributed by atoms with van der Waals surface area (Å²) >= 11 is 3.40. The van der Waals surface area contributed by atoms with Crippen LogP contribution in [0, 0.1) is 5.92 Å². The zero-order valence-electron chi connectivity index (χ0n) is 8.68. The minimum absolute atomic E-state index is 0.718. The predicted molar refractivity (Wildman–Crippen MR) is 66.5 cm³/mol. The Balaban J connectivity index is 2.54. The van der Waals surface area contributed by atoms with Gasteiger partial charge in [0.2, 0.25) is 0 Å². The molecule has 0 aliphatic heterocycles. The Labute approximate surface area is 94.0 Å². The van der Waals surface area contributed by atoms with Gasteiger partial charge in [-0.05, 0) is 40.4 Å². The molecule has 0 aromatic heterocycles. The van der Waals surface area contributed by atoms with Crippen molar-refractivity contribution in [3.8, 4) is 0 Å². The topological polar surface area (TPSA) is 38.0 Å². The second-order valence-corrected chi connectivity index (χ2v) is 4.66. The molecule has 3 heteroatoms. The zero-order chi connectivity index (χ0) is 10.6. The number of benzene rings is 1. The highest BCUT2D eigenvalue weighted by Gasteiger charge is 2.01. The molecule has 14 heavy (non-hydrogen) atoms. The summed E-state index contributed by atoms with van der Waals surface area (Å²) in [5.74, 6) is 0.718. The summed E-state index contributed by atoms with van der Waals surface area (Å²) in [5, 5.41) is 3.33. The summed E-state index contributed by atoms with van der Waals surface area (Å²) in [7, 11) is 0. The normalized spacial score (nSPS) is 10.6. The van der Waals surface area contributed by atoms with E-state index in [0.29, 0.717) is 0 Å². The quantitative estimate of drug-likeness (QED) is 0.810. The summed E-state index contributed by atoms with van der Waals surface area (Å²) in [4.78, 5) is 0. The van der Waals surface area contributed by atoms with Gasteiger partial charge >= 0.3 is 0 Å². The molecule has 0 bridgehead atoms. The van der Waals surface area contributed by atoms with E-state index >= 15 is 0 Å². The summed E-state index contributed by atoms with van der Waals surface area (Å²) in [6.45, 7) is 5.40. The SMILES string of the molecule is CC(C)CCNc1cccc(Br)c1N. The maximum absolute atomic E-state index is 5.89. The first-order valence-corrected chi connectivity index (χ1v) is 5.68. The van der Waals surface area contributed by atoms with Crippen LogP contribution >= 0.6 is 15.9 Å². The lowest BCUT2D eigenvalue weighted by molar-refractivity contribution is 0.607. The summed E-state index contributed by atoms with van der Waals surface area (Å²) in [5.41, 5.74) is 7.69. The predicted octanol–water partition coefficient (Wildman–Crippen LogP) is 3.49. The van der Waals surface area contributed by atoms with Crippen molar-refractivity contribution >= 4 is 27.3 Å². The number of anilines is 2. The van der Waals surface area contributed by atoms with Crippen LogP contribution in [0.1, 0.15) is 20.3 Å². The standard InChI is InChI=1S/C11H17BrN2/c1-8(2)6-7-14-10-5-3-4-9(12)11(10)13/h3-5,8,14H,6-7,13H2,1-2H3. The molecular formula is C11H17BrN2. The molecule has 0 unspecified atom stereocenters. The molecule has 0 heterocycles. The molecule has 2 nitrogen and oxygen atoms in total. The van der Waals surface area contributed by atoms with Crippen molar-refractivity contribution in [3.05, 3.63) is 22.7 Å². The number of nitrogens with one attached hydrogen (secondary N) is 1. The fraction of sp³-hybridized carbons (Fsp3) is 0.455. The lowest BCUT2D eigenvalue weighted by Gasteiger charge is -2.11. The lowest BCUT2D eigenvalue weighted by atomic mass is 10.1. The third-order valence-corrected chi connectivity index (χ3v) is 2.78. The molecular weight excluding hydrogens is 240 g/mol.